The minimum Gasteiger partial charge on any atom is -0.370 e. The number of aromatic nitrogens is 2. The van der Waals surface area contributed by atoms with Gasteiger partial charge in [-0.3, -0.25) is 0 Å². The molecule has 0 unspecified atom stereocenters. The van der Waals surface area contributed by atoms with Crippen LogP contribution in [0.15, 0.2) is 28.7 Å². The summed E-state index contributed by atoms with van der Waals surface area (Å²) in [6, 6.07) is 9.91. The van der Waals surface area contributed by atoms with Crippen LogP contribution in [-0.4, -0.2) is 9.78 Å². The number of ether oxygens (including phenoxy) is 1. The number of hydrogen-bond donors (Lipinski definition) is 0. The fraction of sp³-hybridized carbons (Fsp3) is 0.167. The predicted molar refractivity (Wildman–Crippen MR) is 64.5 cm³/mol. The van der Waals surface area contributed by atoms with Crippen molar-refractivity contribution in [1.29, 1.82) is 5.26 Å². The first-order chi connectivity index (χ1) is 8.31. The van der Waals surface area contributed by atoms with E-state index in [-0.39, 0.29) is 0 Å². The zero-order chi connectivity index (χ0) is 11.8. The Morgan fingerprint density at radius 1 is 1.35 bits per heavy atom. The van der Waals surface area contributed by atoms with Crippen LogP contribution in [0.4, 0.5) is 0 Å². The highest BCUT2D eigenvalue weighted by Gasteiger charge is 2.23. The van der Waals surface area contributed by atoms with Crippen molar-refractivity contribution >= 4 is 15.9 Å². The Morgan fingerprint density at radius 2 is 2.18 bits per heavy atom. The summed E-state index contributed by atoms with van der Waals surface area (Å²) in [6.07, 6.45) is 0. The second-order valence-corrected chi connectivity index (χ2v) is 4.60. The van der Waals surface area contributed by atoms with Crippen LogP contribution in [-0.2, 0) is 18.0 Å². The van der Waals surface area contributed by atoms with Gasteiger partial charge < -0.3 is 4.74 Å². The van der Waals surface area contributed by atoms with Gasteiger partial charge in [-0.2, -0.15) is 10.4 Å². The molecule has 0 radical (unpaired) electrons. The zero-order valence-corrected chi connectivity index (χ0v) is 10.4. The number of benzene rings is 1. The molecule has 0 saturated carbocycles. The predicted octanol–water partition coefficient (Wildman–Crippen LogP) is 2.54. The summed E-state index contributed by atoms with van der Waals surface area (Å²) in [6.45, 7) is 0.962. The molecule has 3 rings (SSSR count). The first-order valence-corrected chi connectivity index (χ1v) is 5.94. The van der Waals surface area contributed by atoms with E-state index in [2.05, 4.69) is 27.1 Å². The van der Waals surface area contributed by atoms with Gasteiger partial charge in [-0.25, -0.2) is 4.68 Å². The van der Waals surface area contributed by atoms with Crippen LogP contribution in [0.2, 0.25) is 0 Å². The van der Waals surface area contributed by atoms with Crippen LogP contribution in [0.3, 0.4) is 0 Å². The van der Waals surface area contributed by atoms with Gasteiger partial charge >= 0.3 is 0 Å². The highest BCUT2D eigenvalue weighted by Crippen LogP contribution is 2.27. The fourth-order valence-corrected chi connectivity index (χ4v) is 2.38. The van der Waals surface area contributed by atoms with Gasteiger partial charge in [0.05, 0.1) is 24.6 Å². The topological polar surface area (TPSA) is 50.8 Å². The molecule has 0 saturated heterocycles. The first kappa shape index (κ1) is 10.5. The fourth-order valence-electron chi connectivity index (χ4n) is 1.93. The Balaban J connectivity index is 2.23. The molecule has 17 heavy (non-hydrogen) atoms. The SMILES string of the molecule is N#Cc1c2c(nn1-c1ccccc1Br)COC2. The largest absolute Gasteiger partial charge is 0.370 e. The number of halogens is 1. The molecule has 1 aliphatic heterocycles. The molecule has 2 aromatic rings. The van der Waals surface area contributed by atoms with Crippen molar-refractivity contribution in [2.45, 2.75) is 13.2 Å². The van der Waals surface area contributed by atoms with Crippen LogP contribution in [0, 0.1) is 11.3 Å². The lowest BCUT2D eigenvalue weighted by Crippen LogP contribution is -2.02. The number of hydrogen-bond acceptors (Lipinski definition) is 3. The van der Waals surface area contributed by atoms with E-state index < -0.39 is 0 Å². The molecule has 1 aromatic carbocycles. The Morgan fingerprint density at radius 3 is 2.94 bits per heavy atom. The Labute approximate surface area is 107 Å². The number of para-hydroxylation sites is 1. The van der Waals surface area contributed by atoms with Crippen molar-refractivity contribution in [2.75, 3.05) is 0 Å². The van der Waals surface area contributed by atoms with Gasteiger partial charge in [-0.15, -0.1) is 0 Å². The third-order valence-corrected chi connectivity index (χ3v) is 3.41. The lowest BCUT2D eigenvalue weighted by atomic mass is 10.2. The Hall–Kier alpha value is -1.64. The van der Waals surface area contributed by atoms with E-state index in [0.29, 0.717) is 18.9 Å². The maximum absolute atomic E-state index is 9.24. The van der Waals surface area contributed by atoms with E-state index >= 15 is 0 Å². The molecule has 5 heteroatoms. The highest BCUT2D eigenvalue weighted by molar-refractivity contribution is 9.10. The average molecular weight is 290 g/mol. The number of rotatable bonds is 1. The van der Waals surface area contributed by atoms with Crippen molar-refractivity contribution in [3.05, 3.63) is 45.7 Å². The van der Waals surface area contributed by atoms with Crippen molar-refractivity contribution < 1.29 is 4.74 Å². The van der Waals surface area contributed by atoms with Crippen molar-refractivity contribution in [2.24, 2.45) is 0 Å². The zero-order valence-electron chi connectivity index (χ0n) is 8.85. The molecule has 84 valence electrons. The Bertz CT molecular complexity index is 627. The lowest BCUT2D eigenvalue weighted by Gasteiger charge is -2.06. The van der Waals surface area contributed by atoms with E-state index in [0.717, 1.165) is 21.4 Å². The van der Waals surface area contributed by atoms with Crippen LogP contribution < -0.4 is 0 Å². The van der Waals surface area contributed by atoms with Crippen LogP contribution in [0.25, 0.3) is 5.69 Å². The molecular formula is C12H8BrN3O. The van der Waals surface area contributed by atoms with Gasteiger partial charge in [0.25, 0.3) is 0 Å². The van der Waals surface area contributed by atoms with Gasteiger partial charge in [-0.1, -0.05) is 12.1 Å². The van der Waals surface area contributed by atoms with E-state index in [1.165, 1.54) is 0 Å². The standard InChI is InChI=1S/C12H8BrN3O/c13-9-3-1-2-4-11(9)16-12(5-14)8-6-17-7-10(8)15-16/h1-4H,6-7H2. The van der Waals surface area contributed by atoms with E-state index in [4.69, 9.17) is 4.74 Å². The smallest absolute Gasteiger partial charge is 0.150 e. The second kappa shape index (κ2) is 3.99. The summed E-state index contributed by atoms with van der Waals surface area (Å²) in [4.78, 5) is 0. The molecule has 0 atom stereocenters. The Kier molecular flexibility index (Phi) is 2.46. The minimum absolute atomic E-state index is 0.475. The van der Waals surface area contributed by atoms with Crippen LogP contribution in [0.1, 0.15) is 17.0 Å². The molecule has 0 spiro atoms. The summed E-state index contributed by atoms with van der Waals surface area (Å²) in [5, 5.41) is 13.7. The molecule has 0 bridgehead atoms. The van der Waals surface area contributed by atoms with Crippen molar-refractivity contribution in [3.8, 4) is 11.8 Å². The third kappa shape index (κ3) is 1.57. The van der Waals surface area contributed by atoms with E-state index in [1.807, 2.05) is 24.3 Å². The minimum atomic E-state index is 0.475. The molecule has 1 aliphatic rings. The number of nitriles is 1. The van der Waals surface area contributed by atoms with Crippen molar-refractivity contribution in [3.63, 3.8) is 0 Å². The van der Waals surface area contributed by atoms with Crippen LogP contribution in [0.5, 0.6) is 0 Å². The van der Waals surface area contributed by atoms with Gasteiger partial charge in [0.1, 0.15) is 11.8 Å². The third-order valence-electron chi connectivity index (χ3n) is 2.74. The summed E-state index contributed by atoms with van der Waals surface area (Å²) >= 11 is 3.47. The molecule has 0 amide bonds. The summed E-state index contributed by atoms with van der Waals surface area (Å²) in [5.41, 5.74) is 3.20. The maximum Gasteiger partial charge on any atom is 0.150 e. The molecule has 0 N–H and O–H groups in total. The second-order valence-electron chi connectivity index (χ2n) is 3.74. The van der Waals surface area contributed by atoms with E-state index in [1.54, 1.807) is 4.68 Å². The van der Waals surface area contributed by atoms with Gasteiger partial charge in [0.15, 0.2) is 0 Å². The van der Waals surface area contributed by atoms with E-state index in [9.17, 15) is 5.26 Å². The molecular weight excluding hydrogens is 282 g/mol. The molecule has 0 fully saturated rings. The maximum atomic E-state index is 9.24. The average Bonchev–Trinajstić information content (AvgIpc) is 2.89. The molecule has 4 nitrogen and oxygen atoms in total. The number of nitrogens with zero attached hydrogens (tertiary/aromatic N) is 3. The highest BCUT2D eigenvalue weighted by atomic mass is 79.9. The summed E-state index contributed by atoms with van der Waals surface area (Å²) < 4.78 is 7.87. The van der Waals surface area contributed by atoms with Crippen LogP contribution >= 0.6 is 15.9 Å². The normalized spacial score (nSPS) is 13.4. The summed E-state index contributed by atoms with van der Waals surface area (Å²) in [5.74, 6) is 0. The monoisotopic (exact) mass is 289 g/mol. The first-order valence-electron chi connectivity index (χ1n) is 5.15. The van der Waals surface area contributed by atoms with Gasteiger partial charge in [-0.05, 0) is 28.1 Å². The van der Waals surface area contributed by atoms with Gasteiger partial charge in [0, 0.05) is 10.0 Å². The van der Waals surface area contributed by atoms with Crippen molar-refractivity contribution in [1.82, 2.24) is 9.78 Å². The summed E-state index contributed by atoms with van der Waals surface area (Å²) in [7, 11) is 0. The molecule has 0 aliphatic carbocycles. The van der Waals surface area contributed by atoms with Gasteiger partial charge in [0.2, 0.25) is 0 Å². The lowest BCUT2D eigenvalue weighted by molar-refractivity contribution is 0.131. The number of fused-ring (bicyclic) bond motifs is 1. The quantitative estimate of drug-likeness (QED) is 0.811. The molecule has 1 aromatic heterocycles. The molecule has 2 heterocycles.